The van der Waals surface area contributed by atoms with Crippen LogP contribution in [0.3, 0.4) is 0 Å². The van der Waals surface area contributed by atoms with Crippen molar-refractivity contribution in [2.24, 2.45) is 0 Å². The Kier molecular flexibility index (Phi) is 5.65. The summed E-state index contributed by atoms with van der Waals surface area (Å²) in [6.07, 6.45) is 0. The van der Waals surface area contributed by atoms with Gasteiger partial charge in [-0.1, -0.05) is 42.0 Å². The van der Waals surface area contributed by atoms with Gasteiger partial charge >= 0.3 is 0 Å². The molecule has 0 aliphatic heterocycles. The maximum absolute atomic E-state index is 14.2. The molecule has 0 spiro atoms. The molecule has 0 saturated heterocycles. The van der Waals surface area contributed by atoms with Crippen LogP contribution in [0.4, 0.5) is 15.8 Å². The van der Waals surface area contributed by atoms with E-state index in [1.54, 1.807) is 19.1 Å². The second kappa shape index (κ2) is 8.00. The van der Waals surface area contributed by atoms with Crippen LogP contribution < -0.4 is 4.31 Å². The average Bonchev–Trinajstić information content (AvgIpc) is 2.68. The van der Waals surface area contributed by atoms with Crippen molar-refractivity contribution in [3.8, 4) is 0 Å². The lowest BCUT2D eigenvalue weighted by Crippen LogP contribution is -2.30. The second-order valence-electron chi connectivity index (χ2n) is 6.69. The predicted molar refractivity (Wildman–Crippen MR) is 109 cm³/mol. The molecule has 3 aromatic carbocycles. The molecule has 29 heavy (non-hydrogen) atoms. The number of nitro groups is 1. The average molecular weight is 414 g/mol. The monoisotopic (exact) mass is 414 g/mol. The van der Waals surface area contributed by atoms with Gasteiger partial charge in [-0.15, -0.1) is 0 Å². The van der Waals surface area contributed by atoms with Gasteiger partial charge in [0.25, 0.3) is 15.7 Å². The maximum Gasteiger partial charge on any atom is 0.270 e. The first-order valence-electron chi connectivity index (χ1n) is 8.77. The smallest absolute Gasteiger partial charge is 0.262 e. The van der Waals surface area contributed by atoms with E-state index in [1.807, 2.05) is 19.1 Å². The lowest BCUT2D eigenvalue weighted by molar-refractivity contribution is -0.385. The lowest BCUT2D eigenvalue weighted by Gasteiger charge is -2.25. The Balaban J connectivity index is 2.14. The van der Waals surface area contributed by atoms with E-state index in [4.69, 9.17) is 0 Å². The van der Waals surface area contributed by atoms with Crippen molar-refractivity contribution in [1.29, 1.82) is 0 Å². The number of halogens is 1. The summed E-state index contributed by atoms with van der Waals surface area (Å²) in [6, 6.07) is 16.3. The minimum Gasteiger partial charge on any atom is -0.262 e. The van der Waals surface area contributed by atoms with E-state index in [9.17, 15) is 22.9 Å². The molecule has 0 aromatic heterocycles. The molecule has 150 valence electrons. The normalized spacial score (nSPS) is 11.3. The summed E-state index contributed by atoms with van der Waals surface area (Å²) in [5.74, 6) is -0.536. The number of nitro benzene ring substituents is 1. The van der Waals surface area contributed by atoms with Crippen molar-refractivity contribution < 1.29 is 17.7 Å². The Bertz CT molecular complexity index is 1180. The molecule has 0 atom stereocenters. The lowest BCUT2D eigenvalue weighted by atomic mass is 10.1. The molecular formula is C21H19FN2O4S. The summed E-state index contributed by atoms with van der Waals surface area (Å²) < 4.78 is 42.0. The molecule has 0 aliphatic rings. The number of benzene rings is 3. The van der Waals surface area contributed by atoms with Gasteiger partial charge in [-0.2, -0.15) is 0 Å². The molecule has 0 unspecified atom stereocenters. The summed E-state index contributed by atoms with van der Waals surface area (Å²) in [5.41, 5.74) is 1.85. The van der Waals surface area contributed by atoms with Crippen LogP contribution in [0, 0.1) is 29.8 Å². The third kappa shape index (κ3) is 4.43. The van der Waals surface area contributed by atoms with Gasteiger partial charge in [0.05, 0.1) is 22.1 Å². The molecule has 0 fully saturated rings. The van der Waals surface area contributed by atoms with Gasteiger partial charge in [-0.3, -0.25) is 14.4 Å². The third-order valence-electron chi connectivity index (χ3n) is 4.47. The number of aryl methyl sites for hydroxylation is 2. The Morgan fingerprint density at radius 3 is 2.38 bits per heavy atom. The standard InChI is InChI=1S/C21H19FN2O4S/c1-15-5-3-6-17(11-15)14-23(18-10-9-16(2)21(22)13-18)29(27,28)20-8-4-7-19(12-20)24(25)26/h3-13H,14H2,1-2H3. The molecule has 0 radical (unpaired) electrons. The van der Waals surface area contributed by atoms with Gasteiger partial charge in [0.1, 0.15) is 5.82 Å². The molecule has 3 aromatic rings. The number of anilines is 1. The highest BCUT2D eigenvalue weighted by Crippen LogP contribution is 2.29. The van der Waals surface area contributed by atoms with E-state index in [2.05, 4.69) is 0 Å². The van der Waals surface area contributed by atoms with E-state index in [0.29, 0.717) is 11.1 Å². The van der Waals surface area contributed by atoms with Gasteiger partial charge in [0.15, 0.2) is 0 Å². The SMILES string of the molecule is Cc1cccc(CN(c2ccc(C)c(F)c2)S(=O)(=O)c2cccc([N+](=O)[O-])c2)c1. The first-order chi connectivity index (χ1) is 13.7. The van der Waals surface area contributed by atoms with E-state index < -0.39 is 20.8 Å². The maximum atomic E-state index is 14.2. The van der Waals surface area contributed by atoms with Crippen LogP contribution in [0.1, 0.15) is 16.7 Å². The Morgan fingerprint density at radius 1 is 1.00 bits per heavy atom. The first-order valence-corrected chi connectivity index (χ1v) is 10.2. The molecule has 0 N–H and O–H groups in total. The van der Waals surface area contributed by atoms with Crippen molar-refractivity contribution >= 4 is 21.4 Å². The minimum atomic E-state index is -4.19. The fraction of sp³-hybridized carbons (Fsp3) is 0.143. The summed E-state index contributed by atoms with van der Waals surface area (Å²) >= 11 is 0. The van der Waals surface area contributed by atoms with Gasteiger partial charge in [-0.25, -0.2) is 12.8 Å². The van der Waals surface area contributed by atoms with Crippen molar-refractivity contribution in [2.75, 3.05) is 4.31 Å². The molecule has 0 heterocycles. The largest absolute Gasteiger partial charge is 0.270 e. The number of rotatable bonds is 6. The minimum absolute atomic E-state index is 0.0464. The van der Waals surface area contributed by atoms with Crippen LogP contribution in [-0.4, -0.2) is 13.3 Å². The van der Waals surface area contributed by atoms with E-state index in [0.717, 1.165) is 22.0 Å². The highest BCUT2D eigenvalue weighted by atomic mass is 32.2. The molecule has 6 nitrogen and oxygen atoms in total. The highest BCUT2D eigenvalue weighted by molar-refractivity contribution is 7.92. The number of non-ortho nitro benzene ring substituents is 1. The highest BCUT2D eigenvalue weighted by Gasteiger charge is 2.27. The number of nitrogens with zero attached hydrogens (tertiary/aromatic N) is 2. The zero-order valence-corrected chi connectivity index (χ0v) is 16.7. The van der Waals surface area contributed by atoms with Crippen molar-refractivity contribution in [3.63, 3.8) is 0 Å². The Labute approximate surface area is 168 Å². The summed E-state index contributed by atoms with van der Waals surface area (Å²) in [5, 5.41) is 11.1. The quantitative estimate of drug-likeness (QED) is 0.431. The zero-order chi connectivity index (χ0) is 21.2. The molecular weight excluding hydrogens is 395 g/mol. The van der Waals surface area contributed by atoms with Crippen LogP contribution in [0.25, 0.3) is 0 Å². The van der Waals surface area contributed by atoms with Crippen LogP contribution in [0.5, 0.6) is 0 Å². The van der Waals surface area contributed by atoms with E-state index in [1.165, 1.54) is 30.3 Å². The molecule has 0 bridgehead atoms. The third-order valence-corrected chi connectivity index (χ3v) is 6.24. The fourth-order valence-corrected chi connectivity index (χ4v) is 4.40. The molecule has 0 saturated carbocycles. The molecule has 8 heteroatoms. The van der Waals surface area contributed by atoms with Gasteiger partial charge in [-0.05, 0) is 43.2 Å². The van der Waals surface area contributed by atoms with Crippen LogP contribution in [0.15, 0.2) is 71.6 Å². The summed E-state index contributed by atoms with van der Waals surface area (Å²) in [7, 11) is -4.19. The van der Waals surface area contributed by atoms with Crippen LogP contribution >= 0.6 is 0 Å². The summed E-state index contributed by atoms with van der Waals surface area (Å²) in [4.78, 5) is 10.2. The Morgan fingerprint density at radius 2 is 1.72 bits per heavy atom. The topological polar surface area (TPSA) is 80.5 Å². The number of sulfonamides is 1. The molecule has 3 rings (SSSR count). The first kappa shape index (κ1) is 20.5. The predicted octanol–water partition coefficient (Wildman–Crippen LogP) is 4.75. The second-order valence-corrected chi connectivity index (χ2v) is 8.55. The number of hydrogen-bond donors (Lipinski definition) is 0. The Hall–Kier alpha value is -3.26. The number of hydrogen-bond acceptors (Lipinski definition) is 4. The fourth-order valence-electron chi connectivity index (χ4n) is 2.91. The van der Waals surface area contributed by atoms with Crippen molar-refractivity contribution in [3.05, 3.63) is 99.4 Å². The molecule has 0 aliphatic carbocycles. The van der Waals surface area contributed by atoms with E-state index in [-0.39, 0.29) is 22.8 Å². The summed E-state index contributed by atoms with van der Waals surface area (Å²) in [6.45, 7) is 3.42. The van der Waals surface area contributed by atoms with Crippen LogP contribution in [-0.2, 0) is 16.6 Å². The van der Waals surface area contributed by atoms with Crippen LogP contribution in [0.2, 0.25) is 0 Å². The van der Waals surface area contributed by atoms with Crippen molar-refractivity contribution in [2.45, 2.75) is 25.3 Å². The molecule has 0 amide bonds. The van der Waals surface area contributed by atoms with E-state index >= 15 is 0 Å². The van der Waals surface area contributed by atoms with Gasteiger partial charge in [0.2, 0.25) is 0 Å². The van der Waals surface area contributed by atoms with Gasteiger partial charge < -0.3 is 0 Å². The zero-order valence-electron chi connectivity index (χ0n) is 15.9. The van der Waals surface area contributed by atoms with Crippen molar-refractivity contribution in [1.82, 2.24) is 0 Å². The van der Waals surface area contributed by atoms with Gasteiger partial charge in [0, 0.05) is 12.1 Å².